The minimum atomic E-state index is -0.985. The molecular weight excluding hydrogens is 236 g/mol. The lowest BCUT2D eigenvalue weighted by Crippen LogP contribution is -2.08. The second-order valence-corrected chi connectivity index (χ2v) is 4.88. The predicted molar refractivity (Wildman–Crippen MR) is 65.7 cm³/mol. The summed E-state index contributed by atoms with van der Waals surface area (Å²) in [4.78, 5) is 15.0. The fourth-order valence-electron chi connectivity index (χ4n) is 2.72. The molecule has 0 atom stereocenters. The van der Waals surface area contributed by atoms with Crippen molar-refractivity contribution in [1.82, 2.24) is 4.98 Å². The molecule has 2 nitrogen and oxygen atoms in total. The zero-order valence-electron chi connectivity index (χ0n) is 9.80. The van der Waals surface area contributed by atoms with Gasteiger partial charge in [0.05, 0.1) is 5.52 Å². The molecule has 1 heterocycles. The third-order valence-electron chi connectivity index (χ3n) is 3.69. The van der Waals surface area contributed by atoms with Crippen LogP contribution in [0.1, 0.15) is 37.3 Å². The van der Waals surface area contributed by atoms with Gasteiger partial charge in [0.25, 0.3) is 0 Å². The number of hydrogen-bond donors (Lipinski definition) is 1. The highest BCUT2D eigenvalue weighted by Gasteiger charge is 2.19. The van der Waals surface area contributed by atoms with E-state index in [0.717, 1.165) is 43.5 Å². The number of H-pyrrole nitrogens is 1. The van der Waals surface area contributed by atoms with E-state index in [1.54, 1.807) is 0 Å². The van der Waals surface area contributed by atoms with E-state index >= 15 is 0 Å². The maximum atomic E-state index is 13.2. The van der Waals surface area contributed by atoms with Crippen LogP contribution in [0.3, 0.4) is 0 Å². The van der Waals surface area contributed by atoms with Crippen molar-refractivity contribution >= 4 is 10.9 Å². The second kappa shape index (κ2) is 4.19. The number of nitrogens with one attached hydrogen (secondary N) is 1. The summed E-state index contributed by atoms with van der Waals surface area (Å²) < 4.78 is 26.3. The largest absolute Gasteiger partial charge is 0.358 e. The maximum absolute atomic E-state index is 13.2. The summed E-state index contributed by atoms with van der Waals surface area (Å²) in [7, 11) is 0. The van der Waals surface area contributed by atoms with Crippen molar-refractivity contribution in [3.05, 3.63) is 45.8 Å². The lowest BCUT2D eigenvalue weighted by atomic mass is 10.0. The minimum absolute atomic E-state index is 0.204. The quantitative estimate of drug-likeness (QED) is 0.824. The van der Waals surface area contributed by atoms with E-state index in [4.69, 9.17) is 0 Å². The minimum Gasteiger partial charge on any atom is -0.358 e. The Labute approximate surface area is 103 Å². The molecule has 0 unspecified atom stereocenters. The van der Waals surface area contributed by atoms with Crippen LogP contribution in [-0.2, 0) is 0 Å². The van der Waals surface area contributed by atoms with Gasteiger partial charge < -0.3 is 4.98 Å². The van der Waals surface area contributed by atoms with Crippen LogP contribution in [0.4, 0.5) is 8.78 Å². The normalized spacial score (nSPS) is 16.6. The molecule has 4 heteroatoms. The van der Waals surface area contributed by atoms with Crippen molar-refractivity contribution in [1.29, 1.82) is 0 Å². The third-order valence-corrected chi connectivity index (χ3v) is 3.69. The summed E-state index contributed by atoms with van der Waals surface area (Å²) in [6, 6.07) is 3.54. The molecule has 1 aromatic heterocycles. The van der Waals surface area contributed by atoms with Gasteiger partial charge >= 0.3 is 0 Å². The summed E-state index contributed by atoms with van der Waals surface area (Å²) >= 11 is 0. The van der Waals surface area contributed by atoms with Gasteiger partial charge in [0, 0.05) is 23.2 Å². The van der Waals surface area contributed by atoms with Crippen molar-refractivity contribution in [3.8, 4) is 0 Å². The van der Waals surface area contributed by atoms with E-state index in [2.05, 4.69) is 4.98 Å². The molecule has 1 saturated carbocycles. The first-order valence-corrected chi connectivity index (χ1v) is 6.17. The zero-order valence-corrected chi connectivity index (χ0v) is 9.80. The number of pyridine rings is 1. The summed E-state index contributed by atoms with van der Waals surface area (Å²) in [6.45, 7) is 0. The molecule has 18 heavy (non-hydrogen) atoms. The Bertz CT molecular complexity index is 657. The Morgan fingerprint density at radius 2 is 1.72 bits per heavy atom. The fourth-order valence-corrected chi connectivity index (χ4v) is 2.72. The Morgan fingerprint density at radius 1 is 1.06 bits per heavy atom. The summed E-state index contributed by atoms with van der Waals surface area (Å²) in [5, 5.41) is 0.204. The molecule has 0 aliphatic heterocycles. The summed E-state index contributed by atoms with van der Waals surface area (Å²) in [5.41, 5.74) is 0.976. The van der Waals surface area contributed by atoms with Gasteiger partial charge in [-0.2, -0.15) is 0 Å². The Kier molecular flexibility index (Phi) is 2.65. The zero-order chi connectivity index (χ0) is 12.7. The van der Waals surface area contributed by atoms with Crippen LogP contribution >= 0.6 is 0 Å². The molecule has 1 aliphatic carbocycles. The fraction of sp³-hybridized carbons (Fsp3) is 0.357. The molecule has 1 fully saturated rings. The molecule has 1 aromatic carbocycles. The van der Waals surface area contributed by atoms with Gasteiger partial charge in [-0.1, -0.05) is 12.8 Å². The SMILES string of the molecule is O=c1cc(C2CCCC2)[nH]c2cc(F)c(F)cc12. The van der Waals surface area contributed by atoms with Gasteiger partial charge in [0.1, 0.15) is 0 Å². The van der Waals surface area contributed by atoms with Gasteiger partial charge in [-0.25, -0.2) is 8.78 Å². The Balaban J connectivity index is 2.20. The average Bonchev–Trinajstić information content (AvgIpc) is 2.85. The summed E-state index contributed by atoms with van der Waals surface area (Å²) in [6.07, 6.45) is 4.40. The average molecular weight is 249 g/mol. The van der Waals surface area contributed by atoms with Gasteiger partial charge in [-0.05, 0) is 24.8 Å². The highest BCUT2D eigenvalue weighted by Crippen LogP contribution is 2.33. The Morgan fingerprint density at radius 3 is 2.44 bits per heavy atom. The van der Waals surface area contributed by atoms with Crippen molar-refractivity contribution in [2.75, 3.05) is 0 Å². The van der Waals surface area contributed by atoms with E-state index in [9.17, 15) is 13.6 Å². The number of aromatic amines is 1. The third kappa shape index (κ3) is 1.82. The monoisotopic (exact) mass is 249 g/mol. The highest BCUT2D eigenvalue weighted by molar-refractivity contribution is 5.78. The number of hydrogen-bond acceptors (Lipinski definition) is 1. The molecule has 3 rings (SSSR count). The summed E-state index contributed by atoms with van der Waals surface area (Å²) in [5.74, 6) is -1.57. The van der Waals surface area contributed by atoms with E-state index in [0.29, 0.717) is 11.4 Å². The van der Waals surface area contributed by atoms with Crippen LogP contribution in [-0.4, -0.2) is 4.98 Å². The van der Waals surface area contributed by atoms with Crippen molar-refractivity contribution in [2.24, 2.45) is 0 Å². The number of halogens is 2. The highest BCUT2D eigenvalue weighted by atomic mass is 19.2. The van der Waals surface area contributed by atoms with Crippen LogP contribution in [0.2, 0.25) is 0 Å². The standard InChI is InChI=1S/C14H13F2NO/c15-10-5-9-13(6-11(10)16)17-12(7-14(9)18)8-3-1-2-4-8/h5-8H,1-4H2,(H,17,18). The molecule has 0 bridgehead atoms. The number of rotatable bonds is 1. The molecule has 94 valence electrons. The molecule has 0 spiro atoms. The predicted octanol–water partition coefficient (Wildman–Crippen LogP) is 3.46. The van der Waals surface area contributed by atoms with Crippen LogP contribution in [0.15, 0.2) is 23.0 Å². The molecule has 1 N–H and O–H groups in total. The van der Waals surface area contributed by atoms with Crippen molar-refractivity contribution in [3.63, 3.8) is 0 Å². The van der Waals surface area contributed by atoms with Crippen molar-refractivity contribution < 1.29 is 8.78 Å². The molecule has 0 amide bonds. The van der Waals surface area contributed by atoms with Crippen LogP contribution in [0.5, 0.6) is 0 Å². The van der Waals surface area contributed by atoms with Crippen molar-refractivity contribution in [2.45, 2.75) is 31.6 Å². The lowest BCUT2D eigenvalue weighted by molar-refractivity contribution is 0.510. The van der Waals surface area contributed by atoms with Gasteiger partial charge in [-0.3, -0.25) is 4.79 Å². The lowest BCUT2D eigenvalue weighted by Gasteiger charge is -2.10. The van der Waals surface area contributed by atoms with E-state index in [1.807, 2.05) is 0 Å². The topological polar surface area (TPSA) is 32.9 Å². The first-order valence-electron chi connectivity index (χ1n) is 6.17. The van der Waals surface area contributed by atoms with Gasteiger partial charge in [-0.15, -0.1) is 0 Å². The first kappa shape index (κ1) is 11.4. The van der Waals surface area contributed by atoms with E-state index in [1.165, 1.54) is 6.07 Å². The smallest absolute Gasteiger partial charge is 0.189 e. The number of benzene rings is 1. The van der Waals surface area contributed by atoms with Crippen LogP contribution < -0.4 is 5.43 Å². The first-order chi connectivity index (χ1) is 8.65. The Hall–Kier alpha value is -1.71. The van der Waals surface area contributed by atoms with E-state index in [-0.39, 0.29) is 10.8 Å². The second-order valence-electron chi connectivity index (χ2n) is 4.88. The van der Waals surface area contributed by atoms with E-state index < -0.39 is 11.6 Å². The maximum Gasteiger partial charge on any atom is 0.189 e. The molecular formula is C14H13F2NO. The molecule has 0 saturated heterocycles. The molecule has 0 radical (unpaired) electrons. The number of fused-ring (bicyclic) bond motifs is 1. The van der Waals surface area contributed by atoms with Gasteiger partial charge in [0.15, 0.2) is 17.1 Å². The molecule has 2 aromatic rings. The van der Waals surface area contributed by atoms with Gasteiger partial charge in [0.2, 0.25) is 0 Å². The van der Waals surface area contributed by atoms with Crippen LogP contribution in [0, 0.1) is 11.6 Å². The molecule has 1 aliphatic rings. The number of aromatic nitrogens is 1. The van der Waals surface area contributed by atoms with Crippen LogP contribution in [0.25, 0.3) is 10.9 Å².